The van der Waals surface area contributed by atoms with Gasteiger partial charge in [-0.15, -0.1) is 0 Å². The summed E-state index contributed by atoms with van der Waals surface area (Å²) in [5.74, 6) is -1.27. The normalized spacial score (nSPS) is 23.6. The molecule has 0 spiro atoms. The number of rotatable bonds is 4. The Morgan fingerprint density at radius 1 is 1.18 bits per heavy atom. The van der Waals surface area contributed by atoms with Gasteiger partial charge in [0.05, 0.1) is 11.3 Å². The van der Waals surface area contributed by atoms with Crippen LogP contribution in [0.3, 0.4) is 0 Å². The molecular weight excluding hydrogens is 504 g/mol. The van der Waals surface area contributed by atoms with E-state index in [0.717, 1.165) is 11.1 Å². The highest BCUT2D eigenvalue weighted by Crippen LogP contribution is 2.61. The Labute approximate surface area is 222 Å². The first kappa shape index (κ1) is 24.1. The van der Waals surface area contributed by atoms with Crippen LogP contribution in [0.25, 0.3) is 11.9 Å². The van der Waals surface area contributed by atoms with Crippen molar-refractivity contribution in [3.8, 4) is 6.07 Å². The SMILES string of the molecule is C[C@]1(c2cc(/C=C(\F)c3ccc(C#N)cn3)ccc2F)N=C(N)S[C@@]2(C(=O)N3Cc4ccccc4C3)C=C21. The average molecular weight is 526 g/mol. The molecule has 1 aliphatic carbocycles. The van der Waals surface area contributed by atoms with E-state index in [0.29, 0.717) is 29.8 Å². The van der Waals surface area contributed by atoms with Crippen molar-refractivity contribution in [1.82, 2.24) is 9.88 Å². The van der Waals surface area contributed by atoms with Gasteiger partial charge in [0.2, 0.25) is 5.91 Å². The number of fused-ring (bicyclic) bond motifs is 2. The molecule has 0 bridgehead atoms. The van der Waals surface area contributed by atoms with E-state index in [-0.39, 0.29) is 22.3 Å². The summed E-state index contributed by atoms with van der Waals surface area (Å²) < 4.78 is 29.2. The number of benzene rings is 2. The summed E-state index contributed by atoms with van der Waals surface area (Å²) in [6, 6.07) is 17.0. The third-order valence-electron chi connectivity index (χ3n) is 7.18. The van der Waals surface area contributed by atoms with E-state index in [1.165, 1.54) is 54.4 Å². The number of hydrogen-bond donors (Lipinski definition) is 1. The Hall–Kier alpha value is -4.29. The maximum atomic E-state index is 15.3. The Morgan fingerprint density at radius 2 is 1.92 bits per heavy atom. The van der Waals surface area contributed by atoms with Crippen molar-refractivity contribution in [1.29, 1.82) is 5.26 Å². The first-order valence-corrected chi connectivity index (χ1v) is 12.7. The molecule has 0 saturated carbocycles. The molecule has 38 heavy (non-hydrogen) atoms. The molecule has 2 N–H and O–H groups in total. The number of nitriles is 1. The van der Waals surface area contributed by atoms with Crippen LogP contribution in [0.15, 0.2) is 77.4 Å². The lowest BCUT2D eigenvalue weighted by Gasteiger charge is -2.35. The van der Waals surface area contributed by atoms with Gasteiger partial charge in [-0.1, -0.05) is 48.2 Å². The lowest BCUT2D eigenvalue weighted by atomic mass is 9.85. The molecule has 9 heteroatoms. The van der Waals surface area contributed by atoms with Crippen molar-refractivity contribution in [2.75, 3.05) is 0 Å². The van der Waals surface area contributed by atoms with Gasteiger partial charge < -0.3 is 10.6 Å². The third-order valence-corrected chi connectivity index (χ3v) is 8.31. The number of nitrogens with two attached hydrogens (primary N) is 1. The molecule has 6 rings (SSSR count). The van der Waals surface area contributed by atoms with Crippen molar-refractivity contribution in [3.05, 3.63) is 112 Å². The second-order valence-corrected chi connectivity index (χ2v) is 10.9. The number of pyridine rings is 1. The van der Waals surface area contributed by atoms with Crippen LogP contribution >= 0.6 is 11.8 Å². The van der Waals surface area contributed by atoms with Gasteiger partial charge in [-0.3, -0.25) is 9.78 Å². The monoisotopic (exact) mass is 525 g/mol. The minimum atomic E-state index is -1.23. The second-order valence-electron chi connectivity index (χ2n) is 9.62. The quantitative estimate of drug-likeness (QED) is 0.481. The van der Waals surface area contributed by atoms with Crippen LogP contribution in [0.1, 0.15) is 40.4 Å². The molecule has 0 fully saturated rings. The molecule has 0 saturated heterocycles. The molecule has 3 heterocycles. The van der Waals surface area contributed by atoms with Gasteiger partial charge in [-0.25, -0.2) is 13.8 Å². The predicted octanol–water partition coefficient (Wildman–Crippen LogP) is 5.06. The molecule has 0 unspecified atom stereocenters. The number of aliphatic imine (C=N–C) groups is 1. The zero-order chi connectivity index (χ0) is 26.7. The second kappa shape index (κ2) is 8.64. The fourth-order valence-electron chi connectivity index (χ4n) is 5.19. The van der Waals surface area contributed by atoms with Gasteiger partial charge in [0, 0.05) is 24.8 Å². The van der Waals surface area contributed by atoms with E-state index >= 15 is 4.39 Å². The minimum absolute atomic E-state index is 0.0542. The smallest absolute Gasteiger partial charge is 0.248 e. The van der Waals surface area contributed by atoms with Crippen LogP contribution < -0.4 is 5.73 Å². The highest BCUT2D eigenvalue weighted by molar-refractivity contribution is 8.16. The first-order valence-electron chi connectivity index (χ1n) is 11.9. The number of carbonyl (C=O) groups is 1. The minimum Gasteiger partial charge on any atom is -0.378 e. The van der Waals surface area contributed by atoms with E-state index in [9.17, 15) is 9.18 Å². The number of halogens is 2. The van der Waals surface area contributed by atoms with E-state index in [1.807, 2.05) is 36.4 Å². The Bertz CT molecular complexity index is 1620. The van der Waals surface area contributed by atoms with Gasteiger partial charge >= 0.3 is 0 Å². The molecule has 3 aromatic rings. The van der Waals surface area contributed by atoms with Crippen LogP contribution in [0.5, 0.6) is 0 Å². The van der Waals surface area contributed by atoms with Gasteiger partial charge in [0.1, 0.15) is 28.0 Å². The number of amidine groups is 1. The summed E-state index contributed by atoms with van der Waals surface area (Å²) in [4.78, 5) is 24.1. The van der Waals surface area contributed by atoms with Crippen molar-refractivity contribution in [2.45, 2.75) is 30.3 Å². The standard InChI is InChI=1S/C29H21F2N5OS/c1-28(21-10-17(6-8-22(21)30)11-23(31)24-9-7-18(13-32)14-34-24)25-12-29(25,38-27(33)35-28)26(37)36-15-19-4-2-3-5-20(19)16-36/h2-12,14H,15-16H2,1H3,(H2,33,35)/b23-11-/t28-,29+/m1/s1. The number of carbonyl (C=O) groups excluding carboxylic acids is 1. The highest BCUT2D eigenvalue weighted by Gasteiger charge is 2.63. The van der Waals surface area contributed by atoms with Gasteiger partial charge in [0.25, 0.3) is 0 Å². The molecule has 2 aromatic carbocycles. The average Bonchev–Trinajstić information content (AvgIpc) is 3.51. The van der Waals surface area contributed by atoms with Crippen LogP contribution in [-0.2, 0) is 23.4 Å². The fourth-order valence-corrected chi connectivity index (χ4v) is 6.45. The van der Waals surface area contributed by atoms with E-state index < -0.39 is 21.9 Å². The molecule has 188 valence electrons. The Balaban J connectivity index is 1.31. The van der Waals surface area contributed by atoms with Crippen molar-refractivity contribution >= 4 is 34.7 Å². The molecule has 2 atom stereocenters. The number of nitrogens with zero attached hydrogens (tertiary/aromatic N) is 4. The summed E-state index contributed by atoms with van der Waals surface area (Å²) in [5, 5.41) is 9.11. The molecule has 1 amide bonds. The van der Waals surface area contributed by atoms with Crippen molar-refractivity contribution in [2.24, 2.45) is 10.7 Å². The zero-order valence-electron chi connectivity index (χ0n) is 20.3. The molecule has 6 nitrogen and oxygen atoms in total. The number of thioether (sulfide) groups is 1. The highest BCUT2D eigenvalue weighted by atomic mass is 32.2. The molecule has 3 aliphatic rings. The first-order chi connectivity index (χ1) is 18.2. The van der Waals surface area contributed by atoms with Crippen molar-refractivity contribution in [3.63, 3.8) is 0 Å². The number of aromatic nitrogens is 1. The maximum Gasteiger partial charge on any atom is 0.248 e. The summed E-state index contributed by atoms with van der Waals surface area (Å²) in [6.45, 7) is 2.73. The summed E-state index contributed by atoms with van der Waals surface area (Å²) in [7, 11) is 0. The Morgan fingerprint density at radius 3 is 2.58 bits per heavy atom. The van der Waals surface area contributed by atoms with E-state index in [2.05, 4.69) is 9.98 Å². The largest absolute Gasteiger partial charge is 0.378 e. The van der Waals surface area contributed by atoms with Gasteiger partial charge in [-0.2, -0.15) is 5.26 Å². The van der Waals surface area contributed by atoms with Crippen LogP contribution in [-0.4, -0.2) is 25.7 Å². The number of hydrogen-bond acceptors (Lipinski definition) is 6. The molecule has 0 radical (unpaired) electrons. The fraction of sp³-hybridized carbons (Fsp3) is 0.172. The Kier molecular flexibility index (Phi) is 5.47. The number of amides is 1. The van der Waals surface area contributed by atoms with Crippen LogP contribution in [0, 0.1) is 17.1 Å². The molecular formula is C29H21F2N5OS. The third kappa shape index (κ3) is 3.80. The summed E-state index contributed by atoms with van der Waals surface area (Å²) in [5.41, 5.74) is 8.83. The topological polar surface area (TPSA) is 95.4 Å². The van der Waals surface area contributed by atoms with Gasteiger partial charge in [-0.05, 0) is 59.5 Å². The lowest BCUT2D eigenvalue weighted by Crippen LogP contribution is -2.44. The van der Waals surface area contributed by atoms with Crippen LogP contribution in [0.2, 0.25) is 0 Å². The van der Waals surface area contributed by atoms with E-state index in [1.54, 1.807) is 11.8 Å². The zero-order valence-corrected chi connectivity index (χ0v) is 21.1. The maximum absolute atomic E-state index is 15.3. The van der Waals surface area contributed by atoms with Crippen LogP contribution in [0.4, 0.5) is 8.78 Å². The molecule has 2 aliphatic heterocycles. The summed E-state index contributed by atoms with van der Waals surface area (Å²) in [6.07, 6.45) is 4.34. The van der Waals surface area contributed by atoms with E-state index in [4.69, 9.17) is 11.0 Å². The molecule has 1 aromatic heterocycles. The van der Waals surface area contributed by atoms with Crippen molar-refractivity contribution < 1.29 is 13.6 Å². The predicted molar refractivity (Wildman–Crippen MR) is 142 cm³/mol. The lowest BCUT2D eigenvalue weighted by molar-refractivity contribution is -0.131. The summed E-state index contributed by atoms with van der Waals surface area (Å²) >= 11 is 1.17. The van der Waals surface area contributed by atoms with Gasteiger partial charge in [0.15, 0.2) is 5.17 Å².